The third-order valence-corrected chi connectivity index (χ3v) is 6.76. The number of piperidine rings is 1. The van der Waals surface area contributed by atoms with Gasteiger partial charge in [-0.3, -0.25) is 10.1 Å². The Morgan fingerprint density at radius 3 is 2.19 bits per heavy atom. The lowest BCUT2D eigenvalue weighted by Gasteiger charge is -2.25. The summed E-state index contributed by atoms with van der Waals surface area (Å²) >= 11 is 0. The quantitative estimate of drug-likeness (QED) is 0.336. The first-order chi connectivity index (χ1) is 17.6. The zero-order valence-corrected chi connectivity index (χ0v) is 20.2. The number of hydrogen-bond donors (Lipinski definition) is 3. The van der Waals surface area contributed by atoms with E-state index in [1.54, 1.807) is 0 Å². The Kier molecular flexibility index (Phi) is 7.43. The van der Waals surface area contributed by atoms with Crippen LogP contribution in [0, 0.1) is 5.92 Å². The lowest BCUT2D eigenvalue weighted by Crippen LogP contribution is -2.45. The van der Waals surface area contributed by atoms with E-state index < -0.39 is 6.09 Å². The van der Waals surface area contributed by atoms with Crippen LogP contribution >= 0.6 is 0 Å². The van der Waals surface area contributed by atoms with E-state index in [0.29, 0.717) is 12.1 Å². The standard InChI is InChI=1S/C30H31N3O3/c34-29(24-13-15-31-16-14-24)32-28(18-21-9-10-22-5-1-3-7-25(22)17-21)20-36-30(35)33-27-12-11-23-6-2-4-8-26(23)19-27/h1-12,17,19,24,28,31H,13-16,18,20H2,(H,32,34)(H,33,35)/t28-/m1/s1. The Bertz CT molecular complexity index is 1360. The highest BCUT2D eigenvalue weighted by molar-refractivity contribution is 5.91. The van der Waals surface area contributed by atoms with Gasteiger partial charge in [-0.15, -0.1) is 0 Å². The molecule has 36 heavy (non-hydrogen) atoms. The molecule has 0 spiro atoms. The van der Waals surface area contributed by atoms with E-state index in [0.717, 1.165) is 47.7 Å². The van der Waals surface area contributed by atoms with Gasteiger partial charge in [-0.05, 0) is 71.6 Å². The summed E-state index contributed by atoms with van der Waals surface area (Å²) in [4.78, 5) is 25.6. The van der Waals surface area contributed by atoms with Gasteiger partial charge in [-0.25, -0.2) is 4.79 Å². The highest BCUT2D eigenvalue weighted by atomic mass is 16.5. The molecule has 3 N–H and O–H groups in total. The topological polar surface area (TPSA) is 79.5 Å². The summed E-state index contributed by atoms with van der Waals surface area (Å²) in [5.74, 6) is 0.0117. The molecular weight excluding hydrogens is 450 g/mol. The maximum absolute atomic E-state index is 13.0. The molecule has 1 heterocycles. The fourth-order valence-corrected chi connectivity index (χ4v) is 4.80. The molecule has 0 saturated carbocycles. The average molecular weight is 482 g/mol. The van der Waals surface area contributed by atoms with Gasteiger partial charge in [0.15, 0.2) is 0 Å². The van der Waals surface area contributed by atoms with Crippen molar-refractivity contribution in [2.75, 3.05) is 25.0 Å². The summed E-state index contributed by atoms with van der Waals surface area (Å²) in [7, 11) is 0. The molecule has 6 heteroatoms. The van der Waals surface area contributed by atoms with E-state index in [-0.39, 0.29) is 24.5 Å². The predicted octanol–water partition coefficient (Wildman–Crippen LogP) is 5.27. The predicted molar refractivity (Wildman–Crippen MR) is 144 cm³/mol. The second-order valence-corrected chi connectivity index (χ2v) is 9.40. The molecule has 184 valence electrons. The molecule has 4 aromatic rings. The second kappa shape index (κ2) is 11.2. The van der Waals surface area contributed by atoms with E-state index in [9.17, 15) is 9.59 Å². The number of rotatable bonds is 7. The van der Waals surface area contributed by atoms with Crippen LogP contribution in [0.5, 0.6) is 0 Å². The van der Waals surface area contributed by atoms with Crippen molar-refractivity contribution in [3.63, 3.8) is 0 Å². The van der Waals surface area contributed by atoms with Crippen molar-refractivity contribution in [3.8, 4) is 0 Å². The van der Waals surface area contributed by atoms with Crippen LogP contribution in [0.4, 0.5) is 10.5 Å². The Hall–Kier alpha value is -3.90. The third-order valence-electron chi connectivity index (χ3n) is 6.76. The molecule has 0 radical (unpaired) electrons. The Morgan fingerprint density at radius 1 is 0.833 bits per heavy atom. The number of benzene rings is 4. The van der Waals surface area contributed by atoms with Gasteiger partial charge in [0.25, 0.3) is 0 Å². The molecule has 1 atom stereocenters. The fraction of sp³-hybridized carbons (Fsp3) is 0.267. The lowest BCUT2D eigenvalue weighted by atomic mass is 9.96. The molecule has 1 aliphatic heterocycles. The number of hydrogen-bond acceptors (Lipinski definition) is 4. The van der Waals surface area contributed by atoms with Crippen molar-refractivity contribution in [3.05, 3.63) is 90.5 Å². The summed E-state index contributed by atoms with van der Waals surface area (Å²) in [5, 5.41) is 13.7. The van der Waals surface area contributed by atoms with Gasteiger partial charge in [0.05, 0.1) is 6.04 Å². The molecule has 0 aliphatic carbocycles. The number of carbonyl (C=O) groups excluding carboxylic acids is 2. The number of anilines is 1. The molecule has 0 unspecified atom stereocenters. The first-order valence-corrected chi connectivity index (χ1v) is 12.6. The summed E-state index contributed by atoms with van der Waals surface area (Å²) in [6, 6.07) is 27.9. The minimum absolute atomic E-state index is 0.0169. The van der Waals surface area contributed by atoms with Gasteiger partial charge in [-0.2, -0.15) is 0 Å². The minimum atomic E-state index is -0.537. The lowest BCUT2D eigenvalue weighted by molar-refractivity contribution is -0.126. The van der Waals surface area contributed by atoms with E-state index in [1.165, 1.54) is 5.39 Å². The van der Waals surface area contributed by atoms with E-state index in [2.05, 4.69) is 46.3 Å². The highest BCUT2D eigenvalue weighted by Gasteiger charge is 2.24. The zero-order valence-electron chi connectivity index (χ0n) is 20.2. The number of carbonyl (C=O) groups is 2. The Labute approximate surface area is 211 Å². The molecule has 5 rings (SSSR count). The van der Waals surface area contributed by atoms with Crippen molar-refractivity contribution in [1.82, 2.24) is 10.6 Å². The third kappa shape index (κ3) is 6.01. The van der Waals surface area contributed by atoms with Crippen molar-refractivity contribution in [1.29, 1.82) is 0 Å². The van der Waals surface area contributed by atoms with Crippen LogP contribution < -0.4 is 16.0 Å². The van der Waals surface area contributed by atoms with Crippen LogP contribution in [-0.4, -0.2) is 37.7 Å². The van der Waals surface area contributed by atoms with Crippen LogP contribution in [0.1, 0.15) is 18.4 Å². The van der Waals surface area contributed by atoms with Gasteiger partial charge in [0, 0.05) is 11.6 Å². The summed E-state index contributed by atoms with van der Waals surface area (Å²) in [6.45, 7) is 1.78. The van der Waals surface area contributed by atoms with Crippen molar-refractivity contribution in [2.24, 2.45) is 5.92 Å². The van der Waals surface area contributed by atoms with Gasteiger partial charge in [-0.1, -0.05) is 72.8 Å². The molecule has 1 fully saturated rings. The van der Waals surface area contributed by atoms with Crippen LogP contribution in [-0.2, 0) is 16.0 Å². The number of nitrogens with one attached hydrogen (secondary N) is 3. The fourth-order valence-electron chi connectivity index (χ4n) is 4.80. The van der Waals surface area contributed by atoms with Gasteiger partial charge in [0.2, 0.25) is 5.91 Å². The molecule has 6 nitrogen and oxygen atoms in total. The molecule has 1 saturated heterocycles. The van der Waals surface area contributed by atoms with Gasteiger partial charge < -0.3 is 15.4 Å². The number of amides is 2. The molecule has 0 aromatic heterocycles. The first kappa shape index (κ1) is 23.8. The van der Waals surface area contributed by atoms with E-state index in [1.807, 2.05) is 54.6 Å². The first-order valence-electron chi connectivity index (χ1n) is 12.6. The normalized spacial score (nSPS) is 14.9. The van der Waals surface area contributed by atoms with Crippen LogP contribution in [0.3, 0.4) is 0 Å². The van der Waals surface area contributed by atoms with Crippen molar-refractivity contribution >= 4 is 39.2 Å². The van der Waals surface area contributed by atoms with Crippen LogP contribution in [0.25, 0.3) is 21.5 Å². The maximum atomic E-state index is 13.0. The Morgan fingerprint density at radius 2 is 1.47 bits per heavy atom. The molecule has 1 aliphatic rings. The molecule has 4 aromatic carbocycles. The summed E-state index contributed by atoms with van der Waals surface area (Å²) in [6.07, 6.45) is 1.67. The highest BCUT2D eigenvalue weighted by Crippen LogP contribution is 2.20. The molecular formula is C30H31N3O3. The Balaban J connectivity index is 1.25. The largest absolute Gasteiger partial charge is 0.447 e. The van der Waals surface area contributed by atoms with Crippen molar-refractivity contribution in [2.45, 2.75) is 25.3 Å². The summed E-state index contributed by atoms with van der Waals surface area (Å²) in [5.41, 5.74) is 1.76. The second-order valence-electron chi connectivity index (χ2n) is 9.40. The van der Waals surface area contributed by atoms with Crippen LogP contribution in [0.15, 0.2) is 84.9 Å². The zero-order chi connectivity index (χ0) is 24.7. The van der Waals surface area contributed by atoms with Gasteiger partial charge >= 0.3 is 6.09 Å². The maximum Gasteiger partial charge on any atom is 0.411 e. The van der Waals surface area contributed by atoms with Crippen molar-refractivity contribution < 1.29 is 14.3 Å². The average Bonchev–Trinajstić information content (AvgIpc) is 2.92. The van der Waals surface area contributed by atoms with Crippen LogP contribution in [0.2, 0.25) is 0 Å². The van der Waals surface area contributed by atoms with E-state index in [4.69, 9.17) is 4.74 Å². The van der Waals surface area contributed by atoms with E-state index >= 15 is 0 Å². The van der Waals surface area contributed by atoms with Gasteiger partial charge in [0.1, 0.15) is 6.61 Å². The SMILES string of the molecule is O=C(Nc1ccc2ccccc2c1)OC[C@@H](Cc1ccc2ccccc2c1)NC(=O)C1CCNCC1. The monoisotopic (exact) mass is 481 g/mol. The number of fused-ring (bicyclic) bond motifs is 2. The smallest absolute Gasteiger partial charge is 0.411 e. The molecule has 2 amide bonds. The number of ether oxygens (including phenoxy) is 1. The minimum Gasteiger partial charge on any atom is -0.447 e. The molecule has 0 bridgehead atoms. The summed E-state index contributed by atoms with van der Waals surface area (Å²) < 4.78 is 5.59.